The first-order valence-corrected chi connectivity index (χ1v) is 7.85. The van der Waals surface area contributed by atoms with Crippen LogP contribution in [0.3, 0.4) is 0 Å². The van der Waals surface area contributed by atoms with Gasteiger partial charge in [0.25, 0.3) is 0 Å². The zero-order valence-corrected chi connectivity index (χ0v) is 11.6. The van der Waals surface area contributed by atoms with Crippen molar-refractivity contribution in [3.05, 3.63) is 58.3 Å². The van der Waals surface area contributed by atoms with Crippen molar-refractivity contribution in [1.82, 2.24) is 0 Å². The Morgan fingerprint density at radius 3 is 2.65 bits per heavy atom. The number of fused-ring (bicyclic) bond motifs is 1. The fourth-order valence-electron chi connectivity index (χ4n) is 1.67. The lowest BCUT2D eigenvalue weighted by Gasteiger charge is -2.05. The lowest BCUT2D eigenvalue weighted by molar-refractivity contribution is 0.487. The van der Waals surface area contributed by atoms with E-state index in [1.807, 2.05) is 0 Å². The first kappa shape index (κ1) is 12.9. The van der Waals surface area contributed by atoms with Gasteiger partial charge in [-0.1, -0.05) is 6.07 Å². The van der Waals surface area contributed by atoms with E-state index in [4.69, 9.17) is 8.60 Å². The third-order valence-corrected chi connectivity index (χ3v) is 5.15. The normalized spacial score (nSPS) is 11.6. The second kappa shape index (κ2) is 4.77. The smallest absolute Gasteiger partial charge is 0.348 e. The van der Waals surface area contributed by atoms with E-state index >= 15 is 0 Å². The molecule has 0 saturated heterocycles. The van der Waals surface area contributed by atoms with Crippen molar-refractivity contribution in [1.29, 1.82) is 0 Å². The highest BCUT2D eigenvalue weighted by Gasteiger charge is 2.18. The molecule has 0 saturated carbocycles. The molecule has 0 N–H and O–H groups in total. The molecule has 0 fully saturated rings. The quantitative estimate of drug-likeness (QED) is 0.549. The summed E-state index contributed by atoms with van der Waals surface area (Å²) in [6, 6.07) is 10.5. The van der Waals surface area contributed by atoms with Crippen LogP contribution in [-0.2, 0) is 10.1 Å². The summed E-state index contributed by atoms with van der Waals surface area (Å²) in [6.45, 7) is 0. The van der Waals surface area contributed by atoms with E-state index in [0.29, 0.717) is 5.39 Å². The summed E-state index contributed by atoms with van der Waals surface area (Å²) in [5, 5.41) is 2.33. The summed E-state index contributed by atoms with van der Waals surface area (Å²) in [5.74, 6) is 0.0975. The maximum absolute atomic E-state index is 12.0. The van der Waals surface area contributed by atoms with Crippen LogP contribution in [0.2, 0.25) is 0 Å². The van der Waals surface area contributed by atoms with Gasteiger partial charge in [0, 0.05) is 17.5 Å². The summed E-state index contributed by atoms with van der Waals surface area (Å²) in [5.41, 5.74) is -0.229. The predicted octanol–water partition coefficient (Wildman–Crippen LogP) is 2.62. The summed E-state index contributed by atoms with van der Waals surface area (Å²) in [6.07, 6.45) is 0. The standard InChI is InChI=1S/C13H8O5S2/c14-12-6-4-9-3-5-10(8-11(9)17-12)18-20(15,16)13-2-1-7-19-13/h1-8H. The van der Waals surface area contributed by atoms with E-state index in [1.165, 1.54) is 24.3 Å². The molecule has 3 aromatic rings. The summed E-state index contributed by atoms with van der Waals surface area (Å²) in [7, 11) is -3.85. The van der Waals surface area contributed by atoms with Crippen LogP contribution >= 0.6 is 11.3 Å². The average Bonchev–Trinajstić information content (AvgIpc) is 2.92. The molecule has 0 aliphatic heterocycles. The molecule has 5 nitrogen and oxygen atoms in total. The van der Waals surface area contributed by atoms with Gasteiger partial charge < -0.3 is 8.60 Å². The van der Waals surface area contributed by atoms with Gasteiger partial charge in [0.05, 0.1) is 0 Å². The molecule has 0 amide bonds. The van der Waals surface area contributed by atoms with Gasteiger partial charge in [-0.2, -0.15) is 8.42 Å². The molecule has 0 spiro atoms. The number of hydrogen-bond acceptors (Lipinski definition) is 6. The van der Waals surface area contributed by atoms with Crippen LogP contribution in [-0.4, -0.2) is 8.42 Å². The Kier molecular flexibility index (Phi) is 3.07. The van der Waals surface area contributed by atoms with Gasteiger partial charge in [-0.05, 0) is 29.6 Å². The molecule has 1 aromatic carbocycles. The molecule has 102 valence electrons. The second-order valence-corrected chi connectivity index (χ2v) is 6.64. The van der Waals surface area contributed by atoms with Crippen LogP contribution in [0.1, 0.15) is 0 Å². The Balaban J connectivity index is 2.01. The van der Waals surface area contributed by atoms with Gasteiger partial charge in [0.1, 0.15) is 11.3 Å². The molecular weight excluding hydrogens is 300 g/mol. The van der Waals surface area contributed by atoms with Gasteiger partial charge >= 0.3 is 15.7 Å². The van der Waals surface area contributed by atoms with E-state index in [9.17, 15) is 13.2 Å². The molecular formula is C13H8O5S2. The van der Waals surface area contributed by atoms with Crippen molar-refractivity contribution in [2.45, 2.75) is 4.21 Å². The highest BCUT2D eigenvalue weighted by Crippen LogP contribution is 2.24. The van der Waals surface area contributed by atoms with Crippen LogP contribution < -0.4 is 9.81 Å². The molecule has 3 rings (SSSR count). The lowest BCUT2D eigenvalue weighted by Crippen LogP contribution is -2.07. The van der Waals surface area contributed by atoms with Crippen molar-refractivity contribution >= 4 is 32.4 Å². The van der Waals surface area contributed by atoms with Crippen molar-refractivity contribution in [3.63, 3.8) is 0 Å². The Hall–Kier alpha value is -2.12. The highest BCUT2D eigenvalue weighted by molar-refractivity contribution is 7.89. The lowest BCUT2D eigenvalue weighted by atomic mass is 10.2. The summed E-state index contributed by atoms with van der Waals surface area (Å²) >= 11 is 1.07. The Morgan fingerprint density at radius 2 is 1.90 bits per heavy atom. The number of benzene rings is 1. The van der Waals surface area contributed by atoms with Gasteiger partial charge in [-0.25, -0.2) is 4.79 Å². The number of rotatable bonds is 3. The van der Waals surface area contributed by atoms with E-state index in [2.05, 4.69) is 0 Å². The van der Waals surface area contributed by atoms with Gasteiger partial charge in [-0.15, -0.1) is 11.3 Å². The molecule has 2 heterocycles. The molecule has 0 unspecified atom stereocenters. The Morgan fingerprint density at radius 1 is 1.10 bits per heavy atom. The van der Waals surface area contributed by atoms with Crippen LogP contribution in [0.4, 0.5) is 0 Å². The SMILES string of the molecule is O=c1ccc2ccc(OS(=O)(=O)c3cccs3)cc2o1. The van der Waals surface area contributed by atoms with E-state index in [-0.39, 0.29) is 15.5 Å². The van der Waals surface area contributed by atoms with Crippen molar-refractivity contribution in [2.24, 2.45) is 0 Å². The summed E-state index contributed by atoms with van der Waals surface area (Å²) in [4.78, 5) is 11.1. The van der Waals surface area contributed by atoms with E-state index in [1.54, 1.807) is 23.6 Å². The molecule has 0 bridgehead atoms. The van der Waals surface area contributed by atoms with Crippen LogP contribution in [0.5, 0.6) is 5.75 Å². The Bertz CT molecular complexity index is 907. The zero-order valence-electron chi connectivity index (χ0n) is 9.98. The predicted molar refractivity (Wildman–Crippen MR) is 74.6 cm³/mol. The molecule has 2 aromatic heterocycles. The molecule has 0 aliphatic carbocycles. The summed E-state index contributed by atoms with van der Waals surface area (Å²) < 4.78 is 34.0. The van der Waals surface area contributed by atoms with Gasteiger partial charge in [-0.3, -0.25) is 0 Å². The van der Waals surface area contributed by atoms with Gasteiger partial charge in [0.15, 0.2) is 4.21 Å². The van der Waals surface area contributed by atoms with Gasteiger partial charge in [0.2, 0.25) is 0 Å². The van der Waals surface area contributed by atoms with E-state index < -0.39 is 15.7 Å². The topological polar surface area (TPSA) is 73.6 Å². The van der Waals surface area contributed by atoms with Crippen molar-refractivity contribution < 1.29 is 17.0 Å². The molecule has 0 radical (unpaired) electrons. The third-order valence-electron chi connectivity index (χ3n) is 2.54. The van der Waals surface area contributed by atoms with Crippen LogP contribution in [0, 0.1) is 0 Å². The fourth-order valence-corrected chi connectivity index (χ4v) is 3.54. The second-order valence-electron chi connectivity index (χ2n) is 3.92. The first-order chi connectivity index (χ1) is 9.54. The molecule has 7 heteroatoms. The van der Waals surface area contributed by atoms with E-state index in [0.717, 1.165) is 11.3 Å². The van der Waals surface area contributed by atoms with Crippen molar-refractivity contribution in [3.8, 4) is 5.75 Å². The molecule has 0 aliphatic rings. The molecule has 0 atom stereocenters. The average molecular weight is 308 g/mol. The minimum atomic E-state index is -3.85. The first-order valence-electron chi connectivity index (χ1n) is 5.56. The molecule has 20 heavy (non-hydrogen) atoms. The zero-order chi connectivity index (χ0) is 14.2. The Labute approximate surface area is 118 Å². The minimum Gasteiger partial charge on any atom is -0.423 e. The minimum absolute atomic E-state index is 0.0975. The fraction of sp³-hybridized carbons (Fsp3) is 0. The largest absolute Gasteiger partial charge is 0.423 e. The van der Waals surface area contributed by atoms with Crippen LogP contribution in [0.15, 0.2) is 61.3 Å². The number of hydrogen-bond donors (Lipinski definition) is 0. The van der Waals surface area contributed by atoms with Crippen LogP contribution in [0.25, 0.3) is 11.0 Å². The maximum atomic E-state index is 12.0. The third kappa shape index (κ3) is 2.45. The number of thiophene rings is 1. The monoisotopic (exact) mass is 308 g/mol. The van der Waals surface area contributed by atoms with Crippen molar-refractivity contribution in [2.75, 3.05) is 0 Å². The maximum Gasteiger partial charge on any atom is 0.348 e. The highest BCUT2D eigenvalue weighted by atomic mass is 32.3.